The Morgan fingerprint density at radius 3 is 2.81 bits per heavy atom. The maximum Gasteiger partial charge on any atom is 0.142 e. The fourth-order valence-electron chi connectivity index (χ4n) is 3.01. The summed E-state index contributed by atoms with van der Waals surface area (Å²) in [5, 5.41) is 0.180. The lowest BCUT2D eigenvalue weighted by Gasteiger charge is -2.18. The smallest absolute Gasteiger partial charge is 0.142 e. The number of nitrogens with two attached hydrogens (primary N) is 1. The van der Waals surface area contributed by atoms with Gasteiger partial charge < -0.3 is 0 Å². The third kappa shape index (κ3) is 2.95. The number of fused-ring (bicyclic) bond motifs is 1. The van der Waals surface area contributed by atoms with Crippen molar-refractivity contribution in [2.75, 3.05) is 0 Å². The normalized spacial score (nSPS) is 15.0. The lowest BCUT2D eigenvalue weighted by atomic mass is 9.96. The molecule has 2 nitrogen and oxygen atoms in total. The number of hydrazine groups is 1. The van der Waals surface area contributed by atoms with Gasteiger partial charge in [0.25, 0.3) is 0 Å². The number of halogens is 2. The molecule has 0 radical (unpaired) electrons. The Balaban J connectivity index is 1.87. The van der Waals surface area contributed by atoms with E-state index in [1.54, 1.807) is 6.07 Å². The highest BCUT2D eigenvalue weighted by Gasteiger charge is 2.17. The second kappa shape index (κ2) is 6.14. The molecular formula is C17H18ClFN2. The summed E-state index contributed by atoms with van der Waals surface area (Å²) < 4.78 is 13.5. The summed E-state index contributed by atoms with van der Waals surface area (Å²) in [5.41, 5.74) is 7.54. The number of hydrogen-bond acceptors (Lipinski definition) is 2. The van der Waals surface area contributed by atoms with Crippen molar-refractivity contribution >= 4 is 11.6 Å². The molecule has 110 valence electrons. The third-order valence-electron chi connectivity index (χ3n) is 4.18. The molecule has 1 aliphatic rings. The van der Waals surface area contributed by atoms with Gasteiger partial charge in [0.15, 0.2) is 0 Å². The van der Waals surface area contributed by atoms with E-state index in [9.17, 15) is 4.39 Å². The summed E-state index contributed by atoms with van der Waals surface area (Å²) in [6, 6.07) is 11.3. The molecule has 0 saturated heterocycles. The summed E-state index contributed by atoms with van der Waals surface area (Å²) in [6.45, 7) is 0. The van der Waals surface area contributed by atoms with E-state index in [1.165, 1.54) is 23.6 Å². The first-order chi connectivity index (χ1) is 10.2. The standard InChI is InChI=1S/C17H18ClFN2/c18-17-14(5-2-6-15(17)19)10-16(21-20)13-8-7-11-3-1-4-12(11)9-13/h2,5-9,16,21H,1,3-4,10,20H2. The van der Waals surface area contributed by atoms with E-state index in [0.717, 1.165) is 24.0 Å². The van der Waals surface area contributed by atoms with Gasteiger partial charge >= 0.3 is 0 Å². The molecule has 0 bridgehead atoms. The first kappa shape index (κ1) is 14.5. The third-order valence-corrected chi connectivity index (χ3v) is 4.60. The summed E-state index contributed by atoms with van der Waals surface area (Å²) in [6.07, 6.45) is 4.06. The van der Waals surface area contributed by atoms with E-state index < -0.39 is 0 Å². The zero-order chi connectivity index (χ0) is 14.8. The van der Waals surface area contributed by atoms with Gasteiger partial charge in [-0.1, -0.05) is 41.9 Å². The fraction of sp³-hybridized carbons (Fsp3) is 0.294. The quantitative estimate of drug-likeness (QED) is 0.667. The largest absolute Gasteiger partial charge is 0.271 e. The number of rotatable bonds is 4. The van der Waals surface area contributed by atoms with Gasteiger partial charge in [-0.05, 0) is 54.0 Å². The predicted molar refractivity (Wildman–Crippen MR) is 83.6 cm³/mol. The lowest BCUT2D eigenvalue weighted by Crippen LogP contribution is -2.29. The van der Waals surface area contributed by atoms with Gasteiger partial charge in [0.2, 0.25) is 0 Å². The van der Waals surface area contributed by atoms with Crippen LogP contribution in [0.3, 0.4) is 0 Å². The molecule has 3 N–H and O–H groups in total. The molecule has 0 spiro atoms. The average molecular weight is 305 g/mol. The molecule has 21 heavy (non-hydrogen) atoms. The molecule has 0 aromatic heterocycles. The highest BCUT2D eigenvalue weighted by Crippen LogP contribution is 2.29. The van der Waals surface area contributed by atoms with Crippen molar-refractivity contribution < 1.29 is 4.39 Å². The van der Waals surface area contributed by atoms with Crippen molar-refractivity contribution in [1.29, 1.82) is 0 Å². The second-order valence-electron chi connectivity index (χ2n) is 5.52. The molecule has 2 aromatic rings. The molecule has 0 fully saturated rings. The van der Waals surface area contributed by atoms with Crippen molar-refractivity contribution in [2.45, 2.75) is 31.7 Å². The Hall–Kier alpha value is -1.42. The Labute approximate surface area is 129 Å². The van der Waals surface area contributed by atoms with Gasteiger partial charge in [-0.3, -0.25) is 11.3 Å². The van der Waals surface area contributed by atoms with Crippen LogP contribution in [0.1, 0.15) is 34.7 Å². The summed E-state index contributed by atoms with van der Waals surface area (Å²) >= 11 is 6.03. The van der Waals surface area contributed by atoms with E-state index in [-0.39, 0.29) is 16.9 Å². The van der Waals surface area contributed by atoms with Gasteiger partial charge in [0, 0.05) is 0 Å². The van der Waals surface area contributed by atoms with E-state index in [2.05, 4.69) is 23.6 Å². The maximum atomic E-state index is 13.5. The van der Waals surface area contributed by atoms with Crippen molar-refractivity contribution in [3.05, 3.63) is 69.5 Å². The fourth-order valence-corrected chi connectivity index (χ4v) is 3.21. The molecule has 4 heteroatoms. The van der Waals surface area contributed by atoms with Gasteiger partial charge in [0.1, 0.15) is 5.82 Å². The number of aryl methyl sites for hydroxylation is 2. The van der Waals surface area contributed by atoms with Crippen LogP contribution in [0.2, 0.25) is 5.02 Å². The van der Waals surface area contributed by atoms with Crippen LogP contribution >= 0.6 is 11.6 Å². The first-order valence-corrected chi connectivity index (χ1v) is 7.57. The average Bonchev–Trinajstić information content (AvgIpc) is 2.96. The summed E-state index contributed by atoms with van der Waals surface area (Å²) in [7, 11) is 0. The zero-order valence-electron chi connectivity index (χ0n) is 11.7. The molecule has 0 saturated carbocycles. The topological polar surface area (TPSA) is 38.0 Å². The van der Waals surface area contributed by atoms with Crippen LogP contribution in [0, 0.1) is 5.82 Å². The molecule has 0 aliphatic heterocycles. The molecule has 3 rings (SSSR count). The molecule has 0 heterocycles. The molecule has 1 atom stereocenters. The molecule has 1 unspecified atom stereocenters. The molecule has 2 aromatic carbocycles. The summed E-state index contributed by atoms with van der Waals surface area (Å²) in [5.74, 6) is 5.31. The Kier molecular flexibility index (Phi) is 4.24. The van der Waals surface area contributed by atoms with Crippen molar-refractivity contribution in [1.82, 2.24) is 5.43 Å². The van der Waals surface area contributed by atoms with Gasteiger partial charge in [0.05, 0.1) is 11.1 Å². The van der Waals surface area contributed by atoms with Crippen LogP contribution in [0.25, 0.3) is 0 Å². The zero-order valence-corrected chi connectivity index (χ0v) is 12.5. The number of hydrogen-bond donors (Lipinski definition) is 2. The van der Waals surface area contributed by atoms with E-state index >= 15 is 0 Å². The highest BCUT2D eigenvalue weighted by atomic mass is 35.5. The second-order valence-corrected chi connectivity index (χ2v) is 5.90. The predicted octanol–water partition coefficient (Wildman–Crippen LogP) is 3.71. The minimum atomic E-state index is -0.390. The van der Waals surface area contributed by atoms with Crippen molar-refractivity contribution in [2.24, 2.45) is 5.84 Å². The minimum Gasteiger partial charge on any atom is -0.271 e. The Bertz CT molecular complexity index is 657. The van der Waals surface area contributed by atoms with Crippen LogP contribution in [0.4, 0.5) is 4.39 Å². The van der Waals surface area contributed by atoms with Crippen LogP contribution in [-0.2, 0) is 19.3 Å². The van der Waals surface area contributed by atoms with Crippen LogP contribution in [0.5, 0.6) is 0 Å². The number of nitrogens with one attached hydrogen (secondary N) is 1. The Morgan fingerprint density at radius 1 is 1.19 bits per heavy atom. The SMILES string of the molecule is NNC(Cc1cccc(F)c1Cl)c1ccc2c(c1)CCC2. The molecular weight excluding hydrogens is 287 g/mol. The van der Waals surface area contributed by atoms with Crippen LogP contribution in [-0.4, -0.2) is 0 Å². The van der Waals surface area contributed by atoms with Gasteiger partial charge in [-0.25, -0.2) is 4.39 Å². The first-order valence-electron chi connectivity index (χ1n) is 7.19. The Morgan fingerprint density at radius 2 is 2.00 bits per heavy atom. The minimum absolute atomic E-state index is 0.0739. The summed E-state index contributed by atoms with van der Waals surface area (Å²) in [4.78, 5) is 0. The molecule has 1 aliphatic carbocycles. The van der Waals surface area contributed by atoms with E-state index in [0.29, 0.717) is 6.42 Å². The highest BCUT2D eigenvalue weighted by molar-refractivity contribution is 6.31. The van der Waals surface area contributed by atoms with Crippen LogP contribution in [0.15, 0.2) is 36.4 Å². The van der Waals surface area contributed by atoms with Gasteiger partial charge in [-0.15, -0.1) is 0 Å². The van der Waals surface area contributed by atoms with Crippen molar-refractivity contribution in [3.63, 3.8) is 0 Å². The maximum absolute atomic E-state index is 13.5. The lowest BCUT2D eigenvalue weighted by molar-refractivity contribution is 0.548. The van der Waals surface area contributed by atoms with E-state index in [1.807, 2.05) is 6.07 Å². The molecule has 0 amide bonds. The van der Waals surface area contributed by atoms with Crippen molar-refractivity contribution in [3.8, 4) is 0 Å². The van der Waals surface area contributed by atoms with Crippen LogP contribution < -0.4 is 11.3 Å². The number of benzene rings is 2. The monoisotopic (exact) mass is 304 g/mol. The van der Waals surface area contributed by atoms with E-state index in [4.69, 9.17) is 17.4 Å². The van der Waals surface area contributed by atoms with Gasteiger partial charge in [-0.2, -0.15) is 0 Å².